The Bertz CT molecular complexity index is 230. The van der Waals surface area contributed by atoms with E-state index in [4.69, 9.17) is 40.1 Å². The van der Waals surface area contributed by atoms with Crippen molar-refractivity contribution in [3.8, 4) is 0 Å². The van der Waals surface area contributed by atoms with Crippen LogP contribution in [0.4, 0.5) is 0 Å². The number of rotatable bonds is 10. The van der Waals surface area contributed by atoms with E-state index in [1.54, 1.807) is 0 Å². The van der Waals surface area contributed by atoms with Gasteiger partial charge in [-0.1, -0.05) is 0 Å². The molecule has 2 unspecified atom stereocenters. The van der Waals surface area contributed by atoms with Gasteiger partial charge in [-0.2, -0.15) is 0 Å². The van der Waals surface area contributed by atoms with E-state index in [2.05, 4.69) is 0 Å². The van der Waals surface area contributed by atoms with Crippen molar-refractivity contribution in [3.05, 3.63) is 0 Å². The van der Waals surface area contributed by atoms with E-state index in [1.807, 2.05) is 0 Å². The van der Waals surface area contributed by atoms with Crippen LogP contribution >= 0.6 is 0 Å². The monoisotopic (exact) mass is 300 g/mol. The van der Waals surface area contributed by atoms with E-state index >= 15 is 0 Å². The van der Waals surface area contributed by atoms with Gasteiger partial charge >= 0.3 is 11.9 Å². The predicted octanol–water partition coefficient (Wildman–Crippen LogP) is -3.12. The molecule has 0 amide bonds. The van der Waals surface area contributed by atoms with Gasteiger partial charge in [0, 0.05) is 0 Å². The molecule has 0 saturated carbocycles. The molecule has 2 atom stereocenters. The van der Waals surface area contributed by atoms with Gasteiger partial charge in [-0.05, 0) is 0 Å². The number of aliphatic hydroxyl groups excluding tert-OH is 4. The van der Waals surface area contributed by atoms with Gasteiger partial charge in [0.15, 0.2) is 12.2 Å². The largest absolute Gasteiger partial charge is 0.479 e. The average molecular weight is 300 g/mol. The fourth-order valence-corrected chi connectivity index (χ4v) is 0.721. The van der Waals surface area contributed by atoms with Crippen LogP contribution in [0.5, 0.6) is 0 Å². The lowest BCUT2D eigenvalue weighted by molar-refractivity contribution is -0.165. The van der Waals surface area contributed by atoms with Crippen LogP contribution in [0.1, 0.15) is 0 Å². The molecule has 0 saturated heterocycles. The van der Waals surface area contributed by atoms with Crippen molar-refractivity contribution in [1.82, 2.24) is 0 Å². The number of carboxylic acids is 2. The molecule has 0 aromatic carbocycles. The molecule has 6 N–H and O–H groups in total. The molecule has 10 nitrogen and oxygen atoms in total. The first-order chi connectivity index (χ1) is 9.38. The Morgan fingerprint density at radius 3 is 1.25 bits per heavy atom. The van der Waals surface area contributed by atoms with Crippen molar-refractivity contribution in [2.24, 2.45) is 0 Å². The summed E-state index contributed by atoms with van der Waals surface area (Å²) in [6, 6.07) is 0. The SMILES string of the molecule is O=C(O)C(O)C(O)C(=O)O.OCCOCCOCCO. The lowest BCUT2D eigenvalue weighted by Crippen LogP contribution is -2.39. The van der Waals surface area contributed by atoms with Gasteiger partial charge in [0.05, 0.1) is 39.6 Å². The Kier molecular flexibility index (Phi) is 14.8. The summed E-state index contributed by atoms with van der Waals surface area (Å²) in [5.74, 6) is -3.54. The first kappa shape index (κ1) is 21.0. The molecule has 0 aromatic rings. The third kappa shape index (κ3) is 13.1. The van der Waals surface area contributed by atoms with Crippen molar-refractivity contribution in [2.45, 2.75) is 12.2 Å². The fraction of sp³-hybridized carbons (Fsp3) is 0.800. The summed E-state index contributed by atoms with van der Waals surface area (Å²) in [4.78, 5) is 19.5. The number of hydrogen-bond donors (Lipinski definition) is 6. The second kappa shape index (κ2) is 14.1. The van der Waals surface area contributed by atoms with E-state index in [-0.39, 0.29) is 13.2 Å². The van der Waals surface area contributed by atoms with Crippen molar-refractivity contribution in [1.29, 1.82) is 0 Å². The Morgan fingerprint density at radius 2 is 1.05 bits per heavy atom. The number of carboxylic acid groups (broad SMARTS) is 2. The molecule has 0 aliphatic carbocycles. The van der Waals surface area contributed by atoms with Crippen LogP contribution in [0.2, 0.25) is 0 Å². The van der Waals surface area contributed by atoms with E-state index < -0.39 is 24.1 Å². The number of hydrogen-bond acceptors (Lipinski definition) is 8. The second-order valence-electron chi connectivity index (χ2n) is 3.24. The molecule has 20 heavy (non-hydrogen) atoms. The van der Waals surface area contributed by atoms with E-state index in [0.717, 1.165) is 0 Å². The zero-order chi connectivity index (χ0) is 16.0. The predicted molar refractivity (Wildman–Crippen MR) is 63.1 cm³/mol. The molecule has 10 heteroatoms. The Labute approximate surface area is 114 Å². The Hall–Kier alpha value is -1.30. The van der Waals surface area contributed by atoms with E-state index in [9.17, 15) is 9.59 Å². The first-order valence-electron chi connectivity index (χ1n) is 5.57. The summed E-state index contributed by atoms with van der Waals surface area (Å²) in [6.07, 6.45) is -4.53. The molecule has 0 aromatic heterocycles. The van der Waals surface area contributed by atoms with Crippen LogP contribution in [0.15, 0.2) is 0 Å². The maximum absolute atomic E-state index is 9.77. The summed E-state index contributed by atoms with van der Waals surface area (Å²) in [6.45, 7) is 1.73. The third-order valence-corrected chi connectivity index (χ3v) is 1.65. The highest BCUT2D eigenvalue weighted by Gasteiger charge is 2.29. The number of aliphatic hydroxyl groups is 4. The minimum atomic E-state index is -2.27. The zero-order valence-electron chi connectivity index (χ0n) is 10.7. The highest BCUT2D eigenvalue weighted by molar-refractivity contribution is 5.83. The smallest absolute Gasteiger partial charge is 0.335 e. The standard InChI is InChI=1S/C6H14O4.C4H6O6/c7-1-3-9-5-6-10-4-2-8;5-1(3(7)8)2(6)4(9)10/h7-8H,1-6H2;1-2,5-6H,(H,7,8)(H,9,10). The van der Waals surface area contributed by atoms with Crippen LogP contribution in [0.3, 0.4) is 0 Å². The Morgan fingerprint density at radius 1 is 0.750 bits per heavy atom. The molecule has 0 rings (SSSR count). The van der Waals surface area contributed by atoms with Gasteiger partial charge in [0.25, 0.3) is 0 Å². The molecule has 0 bridgehead atoms. The molecule has 120 valence electrons. The van der Waals surface area contributed by atoms with Gasteiger partial charge in [0.1, 0.15) is 0 Å². The lowest BCUT2D eigenvalue weighted by Gasteiger charge is -2.07. The third-order valence-electron chi connectivity index (χ3n) is 1.65. The molecular formula is C10H20O10. The normalized spacial score (nSPS) is 13.0. The van der Waals surface area contributed by atoms with Gasteiger partial charge in [-0.25, -0.2) is 9.59 Å². The lowest BCUT2D eigenvalue weighted by atomic mass is 10.2. The van der Waals surface area contributed by atoms with Crippen LogP contribution in [-0.2, 0) is 19.1 Å². The van der Waals surface area contributed by atoms with Crippen molar-refractivity contribution in [2.75, 3.05) is 39.6 Å². The summed E-state index contributed by atoms with van der Waals surface area (Å²) >= 11 is 0. The van der Waals surface area contributed by atoms with Crippen molar-refractivity contribution >= 4 is 11.9 Å². The summed E-state index contributed by atoms with van der Waals surface area (Å²) in [7, 11) is 0. The summed E-state index contributed by atoms with van der Waals surface area (Å²) in [5, 5.41) is 49.1. The highest BCUT2D eigenvalue weighted by atomic mass is 16.5. The fourth-order valence-electron chi connectivity index (χ4n) is 0.721. The van der Waals surface area contributed by atoms with Crippen molar-refractivity contribution in [3.63, 3.8) is 0 Å². The van der Waals surface area contributed by atoms with Crippen LogP contribution in [0, 0.1) is 0 Å². The Balaban J connectivity index is 0. The average Bonchev–Trinajstić information content (AvgIpc) is 2.41. The molecule has 0 radical (unpaired) electrons. The molecule has 0 aliphatic rings. The van der Waals surface area contributed by atoms with E-state index in [1.165, 1.54) is 0 Å². The number of aliphatic carboxylic acids is 2. The second-order valence-corrected chi connectivity index (χ2v) is 3.24. The first-order valence-corrected chi connectivity index (χ1v) is 5.57. The number of carbonyl (C=O) groups is 2. The van der Waals surface area contributed by atoms with Crippen LogP contribution in [0.25, 0.3) is 0 Å². The van der Waals surface area contributed by atoms with Gasteiger partial charge < -0.3 is 40.1 Å². The zero-order valence-corrected chi connectivity index (χ0v) is 10.7. The van der Waals surface area contributed by atoms with Crippen LogP contribution in [-0.4, -0.2) is 94.4 Å². The van der Waals surface area contributed by atoms with Gasteiger partial charge in [-0.15, -0.1) is 0 Å². The molecule has 0 heterocycles. The number of ether oxygens (including phenoxy) is 2. The van der Waals surface area contributed by atoms with E-state index in [0.29, 0.717) is 26.4 Å². The maximum Gasteiger partial charge on any atom is 0.335 e. The minimum absolute atomic E-state index is 0.0417. The maximum atomic E-state index is 9.77. The molecule has 0 aliphatic heterocycles. The quantitative estimate of drug-likeness (QED) is 0.226. The topological polar surface area (TPSA) is 174 Å². The summed E-state index contributed by atoms with van der Waals surface area (Å²) in [5.41, 5.74) is 0. The molecule has 0 fully saturated rings. The van der Waals surface area contributed by atoms with Crippen LogP contribution < -0.4 is 0 Å². The summed E-state index contributed by atoms with van der Waals surface area (Å²) < 4.78 is 9.75. The molecule has 0 spiro atoms. The van der Waals surface area contributed by atoms with Crippen molar-refractivity contribution < 1.29 is 49.7 Å². The van der Waals surface area contributed by atoms with Gasteiger partial charge in [0.2, 0.25) is 0 Å². The minimum Gasteiger partial charge on any atom is -0.479 e. The highest BCUT2D eigenvalue weighted by Crippen LogP contribution is 1.92. The molecular weight excluding hydrogens is 280 g/mol. The van der Waals surface area contributed by atoms with Gasteiger partial charge in [-0.3, -0.25) is 0 Å².